The summed E-state index contributed by atoms with van der Waals surface area (Å²) in [5.41, 5.74) is 7.07. The molecule has 188 valence electrons. The number of nitrogens with one attached hydrogen (secondary N) is 2. The van der Waals surface area contributed by atoms with Crippen LogP contribution in [-0.4, -0.2) is 40.2 Å². The zero-order chi connectivity index (χ0) is 24.8. The highest BCUT2D eigenvalue weighted by molar-refractivity contribution is 7.09. The second-order valence-electron chi connectivity index (χ2n) is 9.51. The molecular formula is C26H35N5O3S. The average Bonchev–Trinajstić information content (AvgIpc) is 3.52. The predicted octanol–water partition coefficient (Wildman–Crippen LogP) is 4.27. The van der Waals surface area contributed by atoms with Crippen molar-refractivity contribution < 1.29 is 14.4 Å². The Kier molecular flexibility index (Phi) is 8.38. The Morgan fingerprint density at radius 3 is 2.23 bits per heavy atom. The minimum atomic E-state index is -0.702. The lowest BCUT2D eigenvalue weighted by Crippen LogP contribution is -2.51. The zero-order valence-electron chi connectivity index (χ0n) is 20.3. The second-order valence-corrected chi connectivity index (χ2v) is 10.3. The van der Waals surface area contributed by atoms with E-state index in [1.54, 1.807) is 12.1 Å². The van der Waals surface area contributed by atoms with Crippen LogP contribution in [-0.2, 0) is 4.79 Å². The first-order valence-corrected chi connectivity index (χ1v) is 13.5. The molecule has 0 unspecified atom stereocenters. The molecule has 0 bridgehead atoms. The summed E-state index contributed by atoms with van der Waals surface area (Å²) in [6.07, 6.45) is 9.82. The zero-order valence-corrected chi connectivity index (χ0v) is 21.1. The van der Waals surface area contributed by atoms with E-state index < -0.39 is 11.9 Å². The van der Waals surface area contributed by atoms with E-state index in [0.29, 0.717) is 12.1 Å². The fraction of sp³-hybridized carbons (Fsp3) is 0.538. The fourth-order valence-corrected chi connectivity index (χ4v) is 5.84. The third kappa shape index (κ3) is 5.83. The van der Waals surface area contributed by atoms with Gasteiger partial charge in [0.15, 0.2) is 5.69 Å². The number of aromatic nitrogens is 1. The SMILES string of the molecule is CC[C@@H](C(=O)NC1CCCC1)N(C(=O)c1snc(C(=O)NC2CCCCC2)c1N)c1ccccc1. The van der Waals surface area contributed by atoms with Gasteiger partial charge in [-0.05, 0) is 55.8 Å². The van der Waals surface area contributed by atoms with Gasteiger partial charge in [-0.1, -0.05) is 57.2 Å². The molecule has 2 saturated carbocycles. The topological polar surface area (TPSA) is 117 Å². The van der Waals surface area contributed by atoms with Crippen LogP contribution < -0.4 is 21.3 Å². The Labute approximate surface area is 210 Å². The lowest BCUT2D eigenvalue weighted by molar-refractivity contribution is -0.123. The van der Waals surface area contributed by atoms with E-state index in [0.717, 1.165) is 62.9 Å². The van der Waals surface area contributed by atoms with Crippen LogP contribution in [0.4, 0.5) is 11.4 Å². The first kappa shape index (κ1) is 25.2. The molecule has 0 radical (unpaired) electrons. The summed E-state index contributed by atoms with van der Waals surface area (Å²) in [6.45, 7) is 1.89. The highest BCUT2D eigenvalue weighted by Gasteiger charge is 2.35. The van der Waals surface area contributed by atoms with Gasteiger partial charge < -0.3 is 16.4 Å². The van der Waals surface area contributed by atoms with Crippen molar-refractivity contribution in [3.8, 4) is 0 Å². The number of nitrogens with two attached hydrogens (primary N) is 1. The van der Waals surface area contributed by atoms with Crippen LogP contribution in [0.3, 0.4) is 0 Å². The summed E-state index contributed by atoms with van der Waals surface area (Å²) in [5.74, 6) is -0.937. The molecule has 2 aromatic rings. The summed E-state index contributed by atoms with van der Waals surface area (Å²) < 4.78 is 4.25. The van der Waals surface area contributed by atoms with Crippen molar-refractivity contribution in [3.63, 3.8) is 0 Å². The molecule has 0 aliphatic heterocycles. The Hall–Kier alpha value is -2.94. The Morgan fingerprint density at radius 1 is 1.00 bits per heavy atom. The molecule has 0 spiro atoms. The van der Waals surface area contributed by atoms with E-state index in [1.807, 2.05) is 25.1 Å². The van der Waals surface area contributed by atoms with Gasteiger partial charge in [-0.15, -0.1) is 0 Å². The largest absolute Gasteiger partial charge is 0.395 e. The summed E-state index contributed by atoms with van der Waals surface area (Å²) in [5, 5.41) is 6.15. The number of rotatable bonds is 8. The van der Waals surface area contributed by atoms with Gasteiger partial charge in [0.1, 0.15) is 10.9 Å². The molecule has 2 aliphatic carbocycles. The van der Waals surface area contributed by atoms with Crippen LogP contribution >= 0.6 is 11.5 Å². The standard InChI is InChI=1S/C26H35N5O3S/c1-2-20(24(32)28-17-13-9-10-14-17)31(19-15-7-4-8-16-19)26(34)23-21(27)22(30-35-23)25(33)29-18-11-5-3-6-12-18/h4,7-8,15-18,20H,2-3,5-6,9-14,27H2,1H3,(H,28,32)(H,29,33)/t20-/m0/s1. The van der Waals surface area contributed by atoms with E-state index in [2.05, 4.69) is 15.0 Å². The van der Waals surface area contributed by atoms with E-state index >= 15 is 0 Å². The molecule has 2 fully saturated rings. The van der Waals surface area contributed by atoms with Gasteiger partial charge in [-0.3, -0.25) is 19.3 Å². The molecule has 1 aromatic heterocycles. The van der Waals surface area contributed by atoms with Crippen molar-refractivity contribution >= 4 is 40.6 Å². The van der Waals surface area contributed by atoms with Crippen LogP contribution in [0.5, 0.6) is 0 Å². The third-order valence-corrected chi connectivity index (χ3v) is 7.88. The molecule has 35 heavy (non-hydrogen) atoms. The number of hydrogen-bond acceptors (Lipinski definition) is 6. The lowest BCUT2D eigenvalue weighted by Gasteiger charge is -2.31. The molecule has 8 nitrogen and oxygen atoms in total. The number of nitrogens with zero attached hydrogens (tertiary/aromatic N) is 2. The smallest absolute Gasteiger partial charge is 0.273 e. The maximum Gasteiger partial charge on any atom is 0.273 e. The normalized spacial score (nSPS) is 17.6. The Morgan fingerprint density at radius 2 is 1.60 bits per heavy atom. The van der Waals surface area contributed by atoms with Crippen molar-refractivity contribution in [1.82, 2.24) is 15.0 Å². The molecule has 9 heteroatoms. The number of amides is 3. The summed E-state index contributed by atoms with van der Waals surface area (Å²) >= 11 is 0.911. The highest BCUT2D eigenvalue weighted by atomic mass is 32.1. The first-order chi connectivity index (χ1) is 17.0. The van der Waals surface area contributed by atoms with E-state index in [1.165, 1.54) is 11.3 Å². The van der Waals surface area contributed by atoms with Gasteiger partial charge in [0.05, 0.1) is 5.69 Å². The number of nitrogen functional groups attached to an aromatic ring is 1. The summed E-state index contributed by atoms with van der Waals surface area (Å²) in [6, 6.07) is 8.68. The minimum Gasteiger partial charge on any atom is -0.395 e. The maximum atomic E-state index is 13.8. The van der Waals surface area contributed by atoms with Gasteiger partial charge in [0.25, 0.3) is 11.8 Å². The minimum absolute atomic E-state index is 0.0697. The molecule has 1 aromatic carbocycles. The number of carbonyl (C=O) groups is 3. The van der Waals surface area contributed by atoms with Crippen LogP contribution in [0.2, 0.25) is 0 Å². The molecular weight excluding hydrogens is 462 g/mol. The second kappa shape index (κ2) is 11.7. The van der Waals surface area contributed by atoms with Crippen molar-refractivity contribution in [2.45, 2.75) is 89.3 Å². The van der Waals surface area contributed by atoms with Crippen LogP contribution in [0.15, 0.2) is 30.3 Å². The molecule has 1 atom stereocenters. The van der Waals surface area contributed by atoms with E-state index in [9.17, 15) is 14.4 Å². The molecule has 4 rings (SSSR count). The Bertz CT molecular complexity index is 1030. The highest BCUT2D eigenvalue weighted by Crippen LogP contribution is 2.29. The molecule has 4 N–H and O–H groups in total. The van der Waals surface area contributed by atoms with Gasteiger partial charge in [0, 0.05) is 17.8 Å². The van der Waals surface area contributed by atoms with Crippen molar-refractivity contribution in [3.05, 3.63) is 40.9 Å². The summed E-state index contributed by atoms with van der Waals surface area (Å²) in [4.78, 5) is 41.7. The lowest BCUT2D eigenvalue weighted by atomic mass is 9.95. The number of anilines is 2. The maximum absolute atomic E-state index is 13.8. The monoisotopic (exact) mass is 497 g/mol. The number of hydrogen-bond donors (Lipinski definition) is 3. The molecule has 0 saturated heterocycles. The van der Waals surface area contributed by atoms with Gasteiger partial charge in [0.2, 0.25) is 5.91 Å². The van der Waals surface area contributed by atoms with Gasteiger partial charge >= 0.3 is 0 Å². The van der Waals surface area contributed by atoms with Gasteiger partial charge in [-0.25, -0.2) is 0 Å². The summed E-state index contributed by atoms with van der Waals surface area (Å²) in [7, 11) is 0. The molecule has 1 heterocycles. The molecule has 3 amide bonds. The molecule has 2 aliphatic rings. The number of carbonyl (C=O) groups excluding carboxylic acids is 3. The predicted molar refractivity (Wildman–Crippen MR) is 139 cm³/mol. The van der Waals surface area contributed by atoms with Crippen LogP contribution in [0.25, 0.3) is 0 Å². The fourth-order valence-electron chi connectivity index (χ4n) is 5.11. The van der Waals surface area contributed by atoms with E-state index in [-0.39, 0.29) is 40.2 Å². The van der Waals surface area contributed by atoms with Crippen molar-refractivity contribution in [2.75, 3.05) is 10.6 Å². The van der Waals surface area contributed by atoms with Crippen molar-refractivity contribution in [1.29, 1.82) is 0 Å². The quantitative estimate of drug-likeness (QED) is 0.503. The van der Waals surface area contributed by atoms with Crippen LogP contribution in [0, 0.1) is 0 Å². The number of para-hydroxylation sites is 1. The Balaban J connectivity index is 1.58. The number of benzene rings is 1. The van der Waals surface area contributed by atoms with Gasteiger partial charge in [-0.2, -0.15) is 4.37 Å². The third-order valence-electron chi connectivity index (χ3n) is 7.03. The van der Waals surface area contributed by atoms with Crippen molar-refractivity contribution in [2.24, 2.45) is 0 Å². The van der Waals surface area contributed by atoms with E-state index in [4.69, 9.17) is 5.73 Å². The first-order valence-electron chi connectivity index (χ1n) is 12.7. The average molecular weight is 498 g/mol. The van der Waals surface area contributed by atoms with Crippen LogP contribution in [0.1, 0.15) is 91.3 Å².